The van der Waals surface area contributed by atoms with Crippen LogP contribution in [0.5, 0.6) is 0 Å². The summed E-state index contributed by atoms with van der Waals surface area (Å²) in [5, 5.41) is 20.5. The van der Waals surface area contributed by atoms with Crippen LogP contribution in [0.15, 0.2) is 12.7 Å². The lowest BCUT2D eigenvalue weighted by Crippen LogP contribution is -2.33. The molecular formula is C11H18N5O12P3. The van der Waals surface area contributed by atoms with Crippen LogP contribution in [0.25, 0.3) is 11.2 Å². The molecule has 6 atom stereocenters. The lowest BCUT2D eigenvalue weighted by atomic mass is 10.1. The molecule has 174 valence electrons. The van der Waals surface area contributed by atoms with Crippen molar-refractivity contribution < 1.29 is 57.1 Å². The third-order valence-corrected chi connectivity index (χ3v) is 9.22. The first-order valence-electron chi connectivity index (χ1n) is 8.19. The van der Waals surface area contributed by atoms with Crippen LogP contribution in [0.3, 0.4) is 0 Å². The summed E-state index contributed by atoms with van der Waals surface area (Å²) in [5.41, 5.74) is 6.04. The third-order valence-electron chi connectivity index (χ3n) is 3.99. The van der Waals surface area contributed by atoms with Gasteiger partial charge in [-0.3, -0.25) is 18.2 Å². The van der Waals surface area contributed by atoms with Crippen LogP contribution in [0.2, 0.25) is 0 Å². The number of aromatic nitrogens is 4. The average Bonchev–Trinajstić information content (AvgIpc) is 3.13. The Kier molecular flexibility index (Phi) is 6.71. The van der Waals surface area contributed by atoms with Gasteiger partial charge in [-0.25, -0.2) is 23.8 Å². The number of imidazole rings is 1. The van der Waals surface area contributed by atoms with Crippen molar-refractivity contribution in [3.05, 3.63) is 12.7 Å². The second-order valence-electron chi connectivity index (χ2n) is 6.42. The van der Waals surface area contributed by atoms with E-state index < -0.39 is 60.1 Å². The van der Waals surface area contributed by atoms with Crippen molar-refractivity contribution in [3.8, 4) is 0 Å². The molecule has 2 aromatic heterocycles. The van der Waals surface area contributed by atoms with E-state index >= 15 is 0 Å². The largest absolute Gasteiger partial charge is 0.479 e. The Morgan fingerprint density at radius 3 is 2.42 bits per heavy atom. The Bertz CT molecular complexity index is 1110. The van der Waals surface area contributed by atoms with E-state index in [0.29, 0.717) is 0 Å². The van der Waals surface area contributed by atoms with Crippen molar-refractivity contribution in [1.29, 1.82) is 0 Å². The smallest absolute Gasteiger partial charge is 0.387 e. The molecule has 0 amide bonds. The second kappa shape index (κ2) is 8.56. The lowest BCUT2D eigenvalue weighted by Gasteiger charge is -2.19. The van der Waals surface area contributed by atoms with Crippen LogP contribution in [0.1, 0.15) is 6.23 Å². The number of nitrogens with zero attached hydrogens (tertiary/aromatic N) is 4. The first-order chi connectivity index (χ1) is 14.2. The van der Waals surface area contributed by atoms with E-state index in [2.05, 4.69) is 23.8 Å². The molecule has 2 aromatic rings. The zero-order valence-electron chi connectivity index (χ0n) is 15.2. The Hall–Kier alpha value is -1.32. The maximum Gasteiger partial charge on any atom is 0.479 e. The summed E-state index contributed by atoms with van der Waals surface area (Å²) >= 11 is 0. The molecule has 1 aliphatic rings. The van der Waals surface area contributed by atoms with Crippen molar-refractivity contribution in [2.24, 2.45) is 0 Å². The molecule has 3 heterocycles. The van der Waals surface area contributed by atoms with Gasteiger partial charge in [-0.15, -0.1) is 0 Å². The molecule has 1 fully saturated rings. The number of nitrogen functional groups attached to an aromatic ring is 1. The SMILES string of the molecule is Nc1ncnc2c1ncn2[C@@H]1O[C@H](COP(=O)(O)OP(=O)(O)CP(=O)(O)O)C(O)[C@@H]1O. The zero-order valence-corrected chi connectivity index (χ0v) is 17.9. The Balaban J connectivity index is 1.69. The molecule has 0 saturated carbocycles. The van der Waals surface area contributed by atoms with Gasteiger partial charge >= 0.3 is 23.0 Å². The number of phosphoric acid groups is 1. The van der Waals surface area contributed by atoms with Gasteiger partial charge in [0.2, 0.25) is 0 Å². The summed E-state index contributed by atoms with van der Waals surface area (Å²) < 4.78 is 49.4. The van der Waals surface area contributed by atoms with E-state index in [1.165, 1.54) is 10.9 Å². The average molecular weight is 505 g/mol. The molecular weight excluding hydrogens is 487 g/mol. The predicted molar refractivity (Wildman–Crippen MR) is 99.3 cm³/mol. The fourth-order valence-corrected chi connectivity index (χ4v) is 7.11. The highest BCUT2D eigenvalue weighted by atomic mass is 31.3. The predicted octanol–water partition coefficient (Wildman–Crippen LogP) is -1.52. The minimum Gasteiger partial charge on any atom is -0.387 e. The Labute approximate surface area is 172 Å². The number of hydrogen-bond acceptors (Lipinski definition) is 12. The van der Waals surface area contributed by atoms with Gasteiger partial charge in [0.05, 0.1) is 12.9 Å². The topological polar surface area (TPSA) is 270 Å². The van der Waals surface area contributed by atoms with Crippen molar-refractivity contribution in [2.75, 3.05) is 18.2 Å². The van der Waals surface area contributed by atoms with Gasteiger partial charge in [-0.2, -0.15) is 0 Å². The molecule has 17 nitrogen and oxygen atoms in total. The van der Waals surface area contributed by atoms with Crippen LogP contribution in [0, 0.1) is 0 Å². The number of phosphoric ester groups is 1. The van der Waals surface area contributed by atoms with Crippen LogP contribution in [0.4, 0.5) is 5.82 Å². The second-order valence-corrected chi connectivity index (χ2v) is 12.0. The highest BCUT2D eigenvalue weighted by molar-refractivity contribution is 7.73. The first-order valence-corrected chi connectivity index (χ1v) is 13.2. The van der Waals surface area contributed by atoms with E-state index in [4.69, 9.17) is 20.3 Å². The first kappa shape index (κ1) is 24.3. The number of nitrogens with two attached hydrogens (primary N) is 1. The maximum atomic E-state index is 11.9. The van der Waals surface area contributed by atoms with Gasteiger partial charge in [-0.1, -0.05) is 0 Å². The van der Waals surface area contributed by atoms with E-state index in [1.807, 2.05) is 0 Å². The Morgan fingerprint density at radius 1 is 1.10 bits per heavy atom. The fourth-order valence-electron chi connectivity index (χ4n) is 2.76. The van der Waals surface area contributed by atoms with Crippen LogP contribution < -0.4 is 5.73 Å². The summed E-state index contributed by atoms with van der Waals surface area (Å²) in [6, 6.07) is 0. The van der Waals surface area contributed by atoms with E-state index in [0.717, 1.165) is 6.33 Å². The van der Waals surface area contributed by atoms with E-state index in [-0.39, 0.29) is 17.0 Å². The summed E-state index contributed by atoms with van der Waals surface area (Å²) in [6.07, 6.45) is -3.54. The number of hydrogen-bond donors (Lipinski definition) is 7. The summed E-state index contributed by atoms with van der Waals surface area (Å²) in [5.74, 6) is -1.66. The lowest BCUT2D eigenvalue weighted by molar-refractivity contribution is -0.0501. The van der Waals surface area contributed by atoms with Gasteiger partial charge in [0, 0.05) is 0 Å². The Morgan fingerprint density at radius 2 is 1.77 bits per heavy atom. The fraction of sp³-hybridized carbons (Fsp3) is 0.545. The highest BCUT2D eigenvalue weighted by Crippen LogP contribution is 2.65. The van der Waals surface area contributed by atoms with E-state index in [9.17, 15) is 33.7 Å². The quantitative estimate of drug-likeness (QED) is 0.201. The van der Waals surface area contributed by atoms with E-state index in [1.54, 1.807) is 0 Å². The van der Waals surface area contributed by atoms with Crippen molar-refractivity contribution in [3.63, 3.8) is 0 Å². The maximum absolute atomic E-state index is 11.9. The number of aliphatic hydroxyl groups is 2. The molecule has 3 unspecified atom stereocenters. The standard InChI is InChI=1S/C11H18N5O12P3/c12-9-6-10(14-2-13-9)16(3-15-6)11-8(18)7(17)5(27-11)1-26-31(24,25)28-30(22,23)4-29(19,20)21/h2-3,5,7-8,11,17-18H,1,4H2,(H,22,23)(H,24,25)(H2,12,13,14)(H2,19,20,21)/t5-,7?,8+,11-/m1/s1. The molecule has 0 aromatic carbocycles. The molecule has 0 radical (unpaired) electrons. The zero-order chi connectivity index (χ0) is 23.2. The summed E-state index contributed by atoms with van der Waals surface area (Å²) in [7, 11) is -15.6. The van der Waals surface area contributed by atoms with Gasteiger partial charge in [0.25, 0.3) is 0 Å². The van der Waals surface area contributed by atoms with Crippen molar-refractivity contribution >= 4 is 40.0 Å². The molecule has 1 aliphatic heterocycles. The van der Waals surface area contributed by atoms with Crippen LogP contribution >= 0.6 is 23.0 Å². The number of anilines is 1. The van der Waals surface area contributed by atoms with Crippen molar-refractivity contribution in [1.82, 2.24) is 19.5 Å². The molecule has 0 bridgehead atoms. The summed E-state index contributed by atoms with van der Waals surface area (Å²) in [4.78, 5) is 48.0. The normalized spacial score (nSPS) is 28.5. The number of fused-ring (bicyclic) bond motifs is 1. The van der Waals surface area contributed by atoms with Crippen LogP contribution in [-0.4, -0.2) is 80.1 Å². The molecule has 8 N–H and O–H groups in total. The van der Waals surface area contributed by atoms with Crippen LogP contribution in [-0.2, 0) is 27.3 Å². The monoisotopic (exact) mass is 505 g/mol. The van der Waals surface area contributed by atoms with Gasteiger partial charge in [-0.05, 0) is 0 Å². The molecule has 0 spiro atoms. The number of ether oxygens (including phenoxy) is 1. The van der Waals surface area contributed by atoms with Gasteiger partial charge in [0.1, 0.15) is 30.2 Å². The highest BCUT2D eigenvalue weighted by Gasteiger charge is 2.46. The van der Waals surface area contributed by atoms with Gasteiger partial charge in [0.15, 0.2) is 23.6 Å². The van der Waals surface area contributed by atoms with Gasteiger partial charge < -0.3 is 40.3 Å². The molecule has 1 saturated heterocycles. The minimum atomic E-state index is -5.31. The molecule has 0 aliphatic carbocycles. The molecule has 3 rings (SSSR count). The minimum absolute atomic E-state index is 0.0544. The van der Waals surface area contributed by atoms with Crippen molar-refractivity contribution in [2.45, 2.75) is 24.5 Å². The third kappa shape index (κ3) is 5.73. The summed E-state index contributed by atoms with van der Waals surface area (Å²) in [6.45, 7) is -0.901. The molecule has 20 heteroatoms. The number of aliphatic hydroxyl groups excluding tert-OH is 2. The molecule has 31 heavy (non-hydrogen) atoms. The number of rotatable bonds is 8.